The van der Waals surface area contributed by atoms with E-state index in [4.69, 9.17) is 21.1 Å². The fourth-order valence-corrected chi connectivity index (χ4v) is 3.09. The maximum absolute atomic E-state index is 12.5. The second kappa shape index (κ2) is 7.95. The molecule has 12 heteroatoms. The Labute approximate surface area is 175 Å². The normalized spacial score (nSPS) is 13.6. The zero-order chi connectivity index (χ0) is 21.3. The van der Waals surface area contributed by atoms with Gasteiger partial charge in [-0.15, -0.1) is 5.10 Å². The lowest BCUT2D eigenvalue weighted by atomic mass is 10.2. The predicted octanol–water partition coefficient (Wildman–Crippen LogP) is 2.57. The number of aromatic nitrogens is 5. The first-order valence-electron chi connectivity index (χ1n) is 8.84. The summed E-state index contributed by atoms with van der Waals surface area (Å²) in [5, 5.41) is 13.5. The summed E-state index contributed by atoms with van der Waals surface area (Å²) in [5.74, 6) is 0.271. The Kier molecular flexibility index (Phi) is 5.19. The number of amides is 2. The van der Waals surface area contributed by atoms with Gasteiger partial charge in [0, 0.05) is 18.8 Å². The average Bonchev–Trinajstić information content (AvgIpc) is 3.08. The summed E-state index contributed by atoms with van der Waals surface area (Å²) in [7, 11) is 1.61. The average molecular weight is 430 g/mol. The number of halogens is 1. The minimum Gasteiger partial charge on any atom is -0.466 e. The highest BCUT2D eigenvalue weighted by Gasteiger charge is 2.23. The molecule has 0 aromatic carbocycles. The number of carbonyl (C=O) groups excluding carboxylic acids is 2. The van der Waals surface area contributed by atoms with Crippen molar-refractivity contribution >= 4 is 35.1 Å². The maximum Gasteiger partial charge on any atom is 0.413 e. The molecule has 2 N–H and O–H groups in total. The molecular weight excluding hydrogens is 414 g/mol. The first-order valence-corrected chi connectivity index (χ1v) is 9.22. The van der Waals surface area contributed by atoms with Crippen molar-refractivity contribution in [2.75, 3.05) is 17.2 Å². The minimum atomic E-state index is -0.726. The van der Waals surface area contributed by atoms with E-state index >= 15 is 0 Å². The molecule has 30 heavy (non-hydrogen) atoms. The fourth-order valence-electron chi connectivity index (χ4n) is 2.82. The summed E-state index contributed by atoms with van der Waals surface area (Å²) in [6.07, 6.45) is 0.192. The van der Waals surface area contributed by atoms with Crippen LogP contribution in [-0.2, 0) is 16.6 Å². The van der Waals surface area contributed by atoms with Crippen molar-refractivity contribution < 1.29 is 19.1 Å². The van der Waals surface area contributed by atoms with Crippen molar-refractivity contribution in [3.05, 3.63) is 41.2 Å². The van der Waals surface area contributed by atoms with Gasteiger partial charge in [0.15, 0.2) is 18.1 Å². The summed E-state index contributed by atoms with van der Waals surface area (Å²) >= 11 is 6.05. The molecule has 0 spiro atoms. The Hall–Kier alpha value is -3.73. The van der Waals surface area contributed by atoms with Crippen LogP contribution in [0.2, 0.25) is 5.15 Å². The molecule has 1 aliphatic rings. The van der Waals surface area contributed by atoms with Crippen molar-refractivity contribution in [2.24, 2.45) is 7.05 Å². The van der Waals surface area contributed by atoms with Gasteiger partial charge in [-0.05, 0) is 25.1 Å². The summed E-state index contributed by atoms with van der Waals surface area (Å²) in [6.45, 7) is 1.55. The number of ether oxygens (including phenoxy) is 2. The van der Waals surface area contributed by atoms with Gasteiger partial charge in [0.25, 0.3) is 5.91 Å². The quantitative estimate of drug-likeness (QED) is 0.604. The van der Waals surface area contributed by atoms with Gasteiger partial charge in [-0.25, -0.2) is 19.4 Å². The second-order valence-electron chi connectivity index (χ2n) is 6.35. The van der Waals surface area contributed by atoms with Crippen LogP contribution in [0.15, 0.2) is 30.5 Å². The fraction of sp³-hybridized carbons (Fsp3) is 0.222. The van der Waals surface area contributed by atoms with Crippen molar-refractivity contribution in [3.63, 3.8) is 0 Å². The zero-order valence-corrected chi connectivity index (χ0v) is 16.7. The number of nitrogens with one attached hydrogen (secondary N) is 2. The molecule has 0 aliphatic carbocycles. The van der Waals surface area contributed by atoms with Crippen LogP contribution in [0.4, 0.5) is 16.3 Å². The maximum atomic E-state index is 12.5. The summed E-state index contributed by atoms with van der Waals surface area (Å²) in [4.78, 5) is 32.2. The number of aryl methyl sites for hydroxylation is 1. The molecule has 1 aliphatic heterocycles. The van der Waals surface area contributed by atoms with Crippen LogP contribution in [-0.4, -0.2) is 43.6 Å². The number of nitrogens with zero attached hydrogens (tertiary/aromatic N) is 5. The molecule has 11 nitrogen and oxygen atoms in total. The molecule has 4 heterocycles. The lowest BCUT2D eigenvalue weighted by Crippen LogP contribution is -2.26. The van der Waals surface area contributed by atoms with Crippen LogP contribution in [0, 0.1) is 0 Å². The van der Waals surface area contributed by atoms with E-state index in [9.17, 15) is 9.59 Å². The number of pyridine rings is 2. The van der Waals surface area contributed by atoms with Crippen molar-refractivity contribution in [3.8, 4) is 17.3 Å². The van der Waals surface area contributed by atoms with E-state index in [-0.39, 0.29) is 29.4 Å². The topological polar surface area (TPSA) is 133 Å². The van der Waals surface area contributed by atoms with Gasteiger partial charge in [-0.2, -0.15) is 0 Å². The summed E-state index contributed by atoms with van der Waals surface area (Å²) in [6, 6.07) is 6.69. The zero-order valence-electron chi connectivity index (χ0n) is 15.9. The molecule has 3 aromatic heterocycles. The van der Waals surface area contributed by atoms with E-state index in [1.807, 2.05) is 0 Å². The van der Waals surface area contributed by atoms with Crippen molar-refractivity contribution in [1.29, 1.82) is 0 Å². The minimum absolute atomic E-state index is 0.129. The predicted molar refractivity (Wildman–Crippen MR) is 106 cm³/mol. The van der Waals surface area contributed by atoms with Crippen LogP contribution >= 0.6 is 11.6 Å². The molecule has 1 atom stereocenters. The first kappa shape index (κ1) is 19.6. The van der Waals surface area contributed by atoms with Crippen molar-refractivity contribution in [1.82, 2.24) is 25.0 Å². The Morgan fingerprint density at radius 3 is 3.03 bits per heavy atom. The van der Waals surface area contributed by atoms with Gasteiger partial charge in [-0.3, -0.25) is 10.1 Å². The molecular formula is C18H16ClN7O4. The van der Waals surface area contributed by atoms with Crippen LogP contribution in [0.25, 0.3) is 11.4 Å². The van der Waals surface area contributed by atoms with E-state index < -0.39 is 12.2 Å². The van der Waals surface area contributed by atoms with Crippen LogP contribution < -0.4 is 15.4 Å². The molecule has 154 valence electrons. The third-order valence-electron chi connectivity index (χ3n) is 4.27. The van der Waals surface area contributed by atoms with Gasteiger partial charge < -0.3 is 14.8 Å². The molecule has 0 radical (unpaired) electrons. The molecule has 4 rings (SSSR count). The van der Waals surface area contributed by atoms with E-state index in [2.05, 4.69) is 30.9 Å². The molecule has 0 saturated heterocycles. The Bertz CT molecular complexity index is 1130. The van der Waals surface area contributed by atoms with Gasteiger partial charge in [0.2, 0.25) is 5.88 Å². The SMILES string of the molecule is C[C@@H](OC(=O)Nc1c(-c2ccc3c(n2)OCC(=O)N3)nnn1C)c1cccnc1Cl. The number of carbonyl (C=O) groups is 2. The molecule has 0 unspecified atom stereocenters. The molecule has 2 amide bonds. The lowest BCUT2D eigenvalue weighted by Gasteiger charge is -2.17. The monoisotopic (exact) mass is 429 g/mol. The van der Waals surface area contributed by atoms with Crippen LogP contribution in [0.3, 0.4) is 0 Å². The van der Waals surface area contributed by atoms with E-state index in [1.54, 1.807) is 44.4 Å². The first-order chi connectivity index (χ1) is 14.4. The summed E-state index contributed by atoms with van der Waals surface area (Å²) in [5.41, 5.74) is 1.74. The van der Waals surface area contributed by atoms with Gasteiger partial charge in [-0.1, -0.05) is 22.9 Å². The van der Waals surface area contributed by atoms with E-state index in [0.29, 0.717) is 22.6 Å². The van der Waals surface area contributed by atoms with Crippen molar-refractivity contribution in [2.45, 2.75) is 13.0 Å². The highest BCUT2D eigenvalue weighted by atomic mass is 35.5. The standard InChI is InChI=1S/C18H16ClN7O4/c1-9(10-4-3-7-20-15(10)19)30-18(28)23-16-14(24-25-26(16)2)11-5-6-12-17(22-11)29-8-13(27)21-12/h3-7,9H,8H2,1-2H3,(H,21,27)(H,23,28)/t9-/m1/s1. The number of anilines is 2. The lowest BCUT2D eigenvalue weighted by molar-refractivity contribution is -0.118. The second-order valence-corrected chi connectivity index (χ2v) is 6.71. The number of hydrogen-bond acceptors (Lipinski definition) is 8. The number of fused-ring (bicyclic) bond motifs is 1. The van der Waals surface area contributed by atoms with E-state index in [1.165, 1.54) is 4.68 Å². The number of hydrogen-bond donors (Lipinski definition) is 2. The largest absolute Gasteiger partial charge is 0.466 e. The molecule has 3 aromatic rings. The third kappa shape index (κ3) is 3.87. The van der Waals surface area contributed by atoms with Gasteiger partial charge in [0.1, 0.15) is 16.9 Å². The van der Waals surface area contributed by atoms with E-state index in [0.717, 1.165) is 0 Å². The Balaban J connectivity index is 1.54. The number of rotatable bonds is 4. The molecule has 0 bridgehead atoms. The highest BCUT2D eigenvalue weighted by Crippen LogP contribution is 2.31. The smallest absolute Gasteiger partial charge is 0.413 e. The third-order valence-corrected chi connectivity index (χ3v) is 4.59. The van der Waals surface area contributed by atoms with Gasteiger partial charge in [0.05, 0.1) is 5.69 Å². The Morgan fingerprint density at radius 1 is 1.40 bits per heavy atom. The summed E-state index contributed by atoms with van der Waals surface area (Å²) < 4.78 is 12.1. The highest BCUT2D eigenvalue weighted by molar-refractivity contribution is 6.30. The van der Waals surface area contributed by atoms with Crippen LogP contribution in [0.5, 0.6) is 5.88 Å². The van der Waals surface area contributed by atoms with Crippen LogP contribution in [0.1, 0.15) is 18.6 Å². The Morgan fingerprint density at radius 2 is 2.23 bits per heavy atom. The molecule has 0 fully saturated rings. The molecule has 0 saturated carbocycles. The van der Waals surface area contributed by atoms with Gasteiger partial charge >= 0.3 is 6.09 Å².